The standard InChI is InChI=1S/C16H11ClN2O3S2/c1-9(15(20)10-2-4-11(17)5-3-10)23-16-18-13-7-6-12(19(21)22)8-14(13)24-16/h2-9H,1H3/t9-/m0/s1. The molecule has 0 aliphatic heterocycles. The summed E-state index contributed by atoms with van der Waals surface area (Å²) in [5, 5.41) is 11.1. The van der Waals surface area contributed by atoms with Crippen LogP contribution in [0.15, 0.2) is 46.8 Å². The summed E-state index contributed by atoms with van der Waals surface area (Å²) < 4.78 is 1.44. The number of carbonyl (C=O) groups excluding carboxylic acids is 1. The summed E-state index contributed by atoms with van der Waals surface area (Å²) >= 11 is 8.53. The van der Waals surface area contributed by atoms with Gasteiger partial charge in [-0.05, 0) is 37.3 Å². The minimum Gasteiger partial charge on any atom is -0.293 e. The van der Waals surface area contributed by atoms with E-state index in [2.05, 4.69) is 4.98 Å². The number of non-ortho nitro benzene ring substituents is 1. The van der Waals surface area contributed by atoms with Gasteiger partial charge in [0.2, 0.25) is 0 Å². The fourth-order valence-corrected chi connectivity index (χ4v) is 4.56. The predicted octanol–water partition coefficient (Wildman–Crippen LogP) is 5.22. The van der Waals surface area contributed by atoms with Gasteiger partial charge in [-0.3, -0.25) is 14.9 Å². The van der Waals surface area contributed by atoms with E-state index in [1.165, 1.54) is 35.2 Å². The summed E-state index contributed by atoms with van der Waals surface area (Å²) in [5.41, 5.74) is 1.32. The van der Waals surface area contributed by atoms with Gasteiger partial charge >= 0.3 is 0 Å². The molecule has 0 amide bonds. The van der Waals surface area contributed by atoms with Crippen molar-refractivity contribution >= 4 is 56.4 Å². The maximum absolute atomic E-state index is 12.4. The normalized spacial score (nSPS) is 12.2. The number of thiazole rings is 1. The van der Waals surface area contributed by atoms with Crippen molar-refractivity contribution in [3.63, 3.8) is 0 Å². The Kier molecular flexibility index (Phi) is 4.84. The lowest BCUT2D eigenvalue weighted by molar-refractivity contribution is -0.384. The number of benzene rings is 2. The predicted molar refractivity (Wildman–Crippen MR) is 97.4 cm³/mol. The van der Waals surface area contributed by atoms with Crippen LogP contribution in [-0.2, 0) is 0 Å². The number of nitro benzene ring substituents is 1. The number of rotatable bonds is 5. The lowest BCUT2D eigenvalue weighted by atomic mass is 10.1. The number of hydrogen-bond acceptors (Lipinski definition) is 6. The monoisotopic (exact) mass is 378 g/mol. The van der Waals surface area contributed by atoms with Crippen LogP contribution in [0.1, 0.15) is 17.3 Å². The largest absolute Gasteiger partial charge is 0.293 e. The summed E-state index contributed by atoms with van der Waals surface area (Å²) in [6.07, 6.45) is 0. The second-order valence-corrected chi connectivity index (χ2v) is 8.08. The molecule has 8 heteroatoms. The average molecular weight is 379 g/mol. The van der Waals surface area contributed by atoms with Crippen molar-refractivity contribution < 1.29 is 9.72 Å². The molecule has 0 bridgehead atoms. The lowest BCUT2D eigenvalue weighted by Crippen LogP contribution is -2.13. The Hall–Kier alpha value is -1.96. The van der Waals surface area contributed by atoms with Gasteiger partial charge in [-0.1, -0.05) is 23.4 Å². The fourth-order valence-electron chi connectivity index (χ4n) is 2.11. The van der Waals surface area contributed by atoms with Crippen LogP contribution in [0.4, 0.5) is 5.69 Å². The molecule has 3 rings (SSSR count). The molecule has 0 radical (unpaired) electrons. The summed E-state index contributed by atoms with van der Waals surface area (Å²) in [6, 6.07) is 11.3. The van der Waals surface area contributed by atoms with Crippen molar-refractivity contribution in [2.45, 2.75) is 16.5 Å². The second-order valence-electron chi connectivity index (χ2n) is 5.02. The third-order valence-corrected chi connectivity index (χ3v) is 5.80. The van der Waals surface area contributed by atoms with E-state index in [0.29, 0.717) is 20.4 Å². The Morgan fingerprint density at radius 1 is 1.29 bits per heavy atom. The van der Waals surface area contributed by atoms with Crippen molar-refractivity contribution in [2.75, 3.05) is 0 Å². The first-order chi connectivity index (χ1) is 11.4. The van der Waals surface area contributed by atoms with Crippen LogP contribution in [-0.4, -0.2) is 20.9 Å². The number of thioether (sulfide) groups is 1. The van der Waals surface area contributed by atoms with E-state index < -0.39 is 4.92 Å². The molecule has 1 atom stereocenters. The van der Waals surface area contributed by atoms with Crippen molar-refractivity contribution in [1.29, 1.82) is 0 Å². The van der Waals surface area contributed by atoms with E-state index in [0.717, 1.165) is 4.70 Å². The minimum atomic E-state index is -0.432. The Balaban J connectivity index is 1.79. The first-order valence-electron chi connectivity index (χ1n) is 6.95. The quantitative estimate of drug-likeness (QED) is 0.263. The van der Waals surface area contributed by atoms with Gasteiger partial charge in [-0.25, -0.2) is 4.98 Å². The smallest absolute Gasteiger partial charge is 0.270 e. The van der Waals surface area contributed by atoms with Crippen LogP contribution in [0.3, 0.4) is 0 Å². The van der Waals surface area contributed by atoms with E-state index in [4.69, 9.17) is 11.6 Å². The highest BCUT2D eigenvalue weighted by atomic mass is 35.5. The number of fused-ring (bicyclic) bond motifs is 1. The fraction of sp³-hybridized carbons (Fsp3) is 0.125. The third-order valence-electron chi connectivity index (χ3n) is 3.34. The highest BCUT2D eigenvalue weighted by Gasteiger charge is 2.19. The van der Waals surface area contributed by atoms with Crippen molar-refractivity contribution in [1.82, 2.24) is 4.98 Å². The molecule has 1 heterocycles. The molecular weight excluding hydrogens is 368 g/mol. The zero-order valence-corrected chi connectivity index (χ0v) is 14.8. The summed E-state index contributed by atoms with van der Waals surface area (Å²) in [6.45, 7) is 1.82. The van der Waals surface area contributed by atoms with Crippen LogP contribution >= 0.6 is 34.7 Å². The molecule has 0 saturated carbocycles. The molecule has 24 heavy (non-hydrogen) atoms. The van der Waals surface area contributed by atoms with Gasteiger partial charge in [0.25, 0.3) is 5.69 Å². The second kappa shape index (κ2) is 6.88. The molecule has 0 aliphatic carbocycles. The Morgan fingerprint density at radius 2 is 2.00 bits per heavy atom. The van der Waals surface area contributed by atoms with Gasteiger partial charge in [0.15, 0.2) is 10.1 Å². The zero-order chi connectivity index (χ0) is 17.3. The van der Waals surface area contributed by atoms with Gasteiger partial charge < -0.3 is 0 Å². The molecule has 122 valence electrons. The molecule has 0 unspecified atom stereocenters. The topological polar surface area (TPSA) is 73.1 Å². The SMILES string of the molecule is C[C@H](Sc1nc2ccc([N+](=O)[O-])cc2s1)C(=O)c1ccc(Cl)cc1. The number of nitro groups is 1. The van der Waals surface area contributed by atoms with Gasteiger partial charge in [-0.2, -0.15) is 0 Å². The molecule has 2 aromatic carbocycles. The molecule has 0 aliphatic rings. The maximum atomic E-state index is 12.4. The van der Waals surface area contributed by atoms with Gasteiger partial charge in [-0.15, -0.1) is 11.3 Å². The zero-order valence-electron chi connectivity index (χ0n) is 12.4. The minimum absolute atomic E-state index is 0.0121. The molecule has 0 N–H and O–H groups in total. The van der Waals surface area contributed by atoms with Crippen LogP contribution < -0.4 is 0 Å². The van der Waals surface area contributed by atoms with Crippen molar-refractivity contribution in [3.05, 3.63) is 63.2 Å². The lowest BCUT2D eigenvalue weighted by Gasteiger charge is -2.08. The van der Waals surface area contributed by atoms with Gasteiger partial charge in [0, 0.05) is 22.7 Å². The molecule has 0 fully saturated rings. The maximum Gasteiger partial charge on any atom is 0.270 e. The molecule has 1 aromatic heterocycles. The number of ketones is 1. The first kappa shape index (κ1) is 16.9. The number of carbonyl (C=O) groups is 1. The summed E-state index contributed by atoms with van der Waals surface area (Å²) in [4.78, 5) is 27.3. The van der Waals surface area contributed by atoms with Crippen LogP contribution in [0.2, 0.25) is 5.02 Å². The number of aromatic nitrogens is 1. The van der Waals surface area contributed by atoms with E-state index in [-0.39, 0.29) is 16.7 Å². The van der Waals surface area contributed by atoms with E-state index in [9.17, 15) is 14.9 Å². The highest BCUT2D eigenvalue weighted by molar-refractivity contribution is 8.02. The molecule has 3 aromatic rings. The molecule has 0 saturated heterocycles. The van der Waals surface area contributed by atoms with E-state index in [1.54, 1.807) is 30.3 Å². The molecule has 5 nitrogen and oxygen atoms in total. The number of Topliss-reactive ketones (excluding diaryl/α,β-unsaturated/α-hetero) is 1. The van der Waals surface area contributed by atoms with Crippen LogP contribution in [0.5, 0.6) is 0 Å². The Bertz CT molecular complexity index is 925. The van der Waals surface area contributed by atoms with Crippen molar-refractivity contribution in [2.24, 2.45) is 0 Å². The first-order valence-corrected chi connectivity index (χ1v) is 9.03. The Morgan fingerprint density at radius 3 is 2.67 bits per heavy atom. The number of hydrogen-bond donors (Lipinski definition) is 0. The van der Waals surface area contributed by atoms with E-state index >= 15 is 0 Å². The highest BCUT2D eigenvalue weighted by Crippen LogP contribution is 2.34. The number of halogens is 1. The van der Waals surface area contributed by atoms with Crippen LogP contribution in [0, 0.1) is 10.1 Å². The summed E-state index contributed by atoms with van der Waals surface area (Å²) in [5.74, 6) is -0.0121. The van der Waals surface area contributed by atoms with Crippen LogP contribution in [0.25, 0.3) is 10.2 Å². The Labute approximate surface area is 150 Å². The summed E-state index contributed by atoms with van der Waals surface area (Å²) in [7, 11) is 0. The third kappa shape index (κ3) is 3.58. The molecular formula is C16H11ClN2O3S2. The average Bonchev–Trinajstić information content (AvgIpc) is 2.96. The van der Waals surface area contributed by atoms with E-state index in [1.807, 2.05) is 6.92 Å². The number of nitrogens with zero attached hydrogens (tertiary/aromatic N) is 2. The van der Waals surface area contributed by atoms with Crippen molar-refractivity contribution in [3.8, 4) is 0 Å². The molecule has 0 spiro atoms. The van der Waals surface area contributed by atoms with Gasteiger partial charge in [0.05, 0.1) is 20.4 Å². The van der Waals surface area contributed by atoms with Gasteiger partial charge in [0.1, 0.15) is 0 Å².